The van der Waals surface area contributed by atoms with E-state index in [0.29, 0.717) is 13.1 Å². The standard InChI is InChI=1S/C16H23N5O2/c1-19-6-7-23-14(10-19)11-20(12-15(17)22)9-13-8-18-16-4-2-3-5-21(13)16/h2-5,8,14H,6-7,9-12H2,1H3,(H2,17,22). The Labute approximate surface area is 135 Å². The summed E-state index contributed by atoms with van der Waals surface area (Å²) >= 11 is 0. The highest BCUT2D eigenvalue weighted by Crippen LogP contribution is 2.11. The van der Waals surface area contributed by atoms with Gasteiger partial charge in [-0.1, -0.05) is 6.07 Å². The van der Waals surface area contributed by atoms with Crippen molar-refractivity contribution in [2.75, 3.05) is 39.8 Å². The number of ether oxygens (including phenoxy) is 1. The average molecular weight is 317 g/mol. The summed E-state index contributed by atoms with van der Waals surface area (Å²) < 4.78 is 7.84. The number of nitrogens with two attached hydrogens (primary N) is 1. The van der Waals surface area contributed by atoms with Crippen LogP contribution < -0.4 is 5.73 Å². The predicted molar refractivity (Wildman–Crippen MR) is 86.9 cm³/mol. The lowest BCUT2D eigenvalue weighted by molar-refractivity contribution is -0.120. The topological polar surface area (TPSA) is 76.1 Å². The van der Waals surface area contributed by atoms with Crippen molar-refractivity contribution in [3.63, 3.8) is 0 Å². The van der Waals surface area contributed by atoms with E-state index in [2.05, 4.69) is 16.9 Å². The van der Waals surface area contributed by atoms with E-state index in [1.807, 2.05) is 39.9 Å². The molecular formula is C16H23N5O2. The number of hydrogen-bond donors (Lipinski definition) is 1. The van der Waals surface area contributed by atoms with Gasteiger partial charge in [0.05, 0.1) is 31.1 Å². The van der Waals surface area contributed by atoms with Gasteiger partial charge in [0.25, 0.3) is 0 Å². The Kier molecular flexibility index (Phi) is 4.90. The first kappa shape index (κ1) is 15.9. The maximum Gasteiger partial charge on any atom is 0.231 e. The minimum absolute atomic E-state index is 0.0901. The number of imidazole rings is 1. The monoisotopic (exact) mass is 317 g/mol. The molecule has 2 N–H and O–H groups in total. The molecule has 7 heteroatoms. The maximum absolute atomic E-state index is 11.4. The summed E-state index contributed by atoms with van der Waals surface area (Å²) in [6, 6.07) is 5.88. The van der Waals surface area contributed by atoms with Gasteiger partial charge < -0.3 is 19.8 Å². The average Bonchev–Trinajstić information content (AvgIpc) is 2.90. The molecule has 3 rings (SSSR count). The van der Waals surface area contributed by atoms with Gasteiger partial charge in [0.1, 0.15) is 5.65 Å². The summed E-state index contributed by atoms with van der Waals surface area (Å²) in [7, 11) is 2.08. The first-order valence-electron chi connectivity index (χ1n) is 7.83. The number of fused-ring (bicyclic) bond motifs is 1. The molecular weight excluding hydrogens is 294 g/mol. The fourth-order valence-electron chi connectivity index (χ4n) is 3.00. The smallest absolute Gasteiger partial charge is 0.231 e. The highest BCUT2D eigenvalue weighted by molar-refractivity contribution is 5.75. The Bertz CT molecular complexity index is 671. The summed E-state index contributed by atoms with van der Waals surface area (Å²) in [4.78, 5) is 20.1. The van der Waals surface area contributed by atoms with E-state index >= 15 is 0 Å². The van der Waals surface area contributed by atoms with Crippen LogP contribution in [0.25, 0.3) is 5.65 Å². The van der Waals surface area contributed by atoms with E-state index in [0.717, 1.165) is 31.0 Å². The highest BCUT2D eigenvalue weighted by Gasteiger charge is 2.22. The SMILES string of the molecule is CN1CCOC(CN(CC(N)=O)Cc2cnc3ccccn23)C1. The first-order valence-corrected chi connectivity index (χ1v) is 7.83. The number of primary amides is 1. The summed E-state index contributed by atoms with van der Waals surface area (Å²) in [5.74, 6) is -0.331. The Morgan fingerprint density at radius 1 is 1.52 bits per heavy atom. The van der Waals surface area contributed by atoms with Crippen LogP contribution in [-0.4, -0.2) is 71.0 Å². The van der Waals surface area contributed by atoms with E-state index in [4.69, 9.17) is 10.5 Å². The van der Waals surface area contributed by atoms with Crippen molar-refractivity contribution in [3.05, 3.63) is 36.3 Å². The van der Waals surface area contributed by atoms with Crippen LogP contribution in [0.3, 0.4) is 0 Å². The molecule has 7 nitrogen and oxygen atoms in total. The molecule has 2 aromatic heterocycles. The number of nitrogens with zero attached hydrogens (tertiary/aromatic N) is 4. The molecule has 2 aromatic rings. The minimum atomic E-state index is -0.331. The summed E-state index contributed by atoms with van der Waals surface area (Å²) in [5, 5.41) is 0. The predicted octanol–water partition coefficient (Wildman–Crippen LogP) is -0.0478. The molecule has 3 heterocycles. The van der Waals surface area contributed by atoms with Crippen LogP contribution in [0.4, 0.5) is 0 Å². The third kappa shape index (κ3) is 4.07. The number of aromatic nitrogens is 2. The van der Waals surface area contributed by atoms with E-state index in [1.165, 1.54) is 0 Å². The Morgan fingerprint density at radius 3 is 3.17 bits per heavy atom. The van der Waals surface area contributed by atoms with E-state index < -0.39 is 0 Å². The van der Waals surface area contributed by atoms with Crippen molar-refractivity contribution >= 4 is 11.6 Å². The van der Waals surface area contributed by atoms with Crippen LogP contribution in [0.15, 0.2) is 30.6 Å². The fraction of sp³-hybridized carbons (Fsp3) is 0.500. The normalized spacial score (nSPS) is 19.5. The van der Waals surface area contributed by atoms with Gasteiger partial charge in [-0.15, -0.1) is 0 Å². The molecule has 1 unspecified atom stereocenters. The summed E-state index contributed by atoms with van der Waals surface area (Å²) in [5.41, 5.74) is 7.34. The second-order valence-electron chi connectivity index (χ2n) is 6.07. The van der Waals surface area contributed by atoms with Crippen LogP contribution in [0.1, 0.15) is 5.69 Å². The van der Waals surface area contributed by atoms with Gasteiger partial charge in [-0.2, -0.15) is 0 Å². The molecule has 1 atom stereocenters. The molecule has 0 aliphatic carbocycles. The van der Waals surface area contributed by atoms with Crippen molar-refractivity contribution in [1.29, 1.82) is 0 Å². The zero-order valence-electron chi connectivity index (χ0n) is 13.4. The van der Waals surface area contributed by atoms with Crippen molar-refractivity contribution in [1.82, 2.24) is 19.2 Å². The molecule has 1 saturated heterocycles. The second kappa shape index (κ2) is 7.08. The molecule has 23 heavy (non-hydrogen) atoms. The molecule has 124 valence electrons. The Balaban J connectivity index is 1.72. The number of likely N-dealkylation sites (N-methyl/N-ethyl adjacent to an activating group) is 1. The van der Waals surface area contributed by atoms with Crippen LogP contribution in [0.2, 0.25) is 0 Å². The summed E-state index contributed by atoms with van der Waals surface area (Å²) in [6.45, 7) is 4.03. The quantitative estimate of drug-likeness (QED) is 0.808. The lowest BCUT2D eigenvalue weighted by atomic mass is 10.2. The number of morpholine rings is 1. The molecule has 1 aliphatic heterocycles. The van der Waals surface area contributed by atoms with E-state index in [-0.39, 0.29) is 18.6 Å². The number of amides is 1. The molecule has 1 aliphatic rings. The molecule has 0 bridgehead atoms. The molecule has 1 fully saturated rings. The van der Waals surface area contributed by atoms with Crippen LogP contribution in [0, 0.1) is 0 Å². The zero-order valence-corrected chi connectivity index (χ0v) is 13.4. The molecule has 0 radical (unpaired) electrons. The van der Waals surface area contributed by atoms with Gasteiger partial charge >= 0.3 is 0 Å². The number of hydrogen-bond acceptors (Lipinski definition) is 5. The lowest BCUT2D eigenvalue weighted by Crippen LogP contribution is -2.47. The number of carbonyl (C=O) groups is 1. The van der Waals surface area contributed by atoms with Crippen molar-refractivity contribution < 1.29 is 9.53 Å². The number of rotatable bonds is 6. The van der Waals surface area contributed by atoms with Gasteiger partial charge in [0, 0.05) is 32.4 Å². The van der Waals surface area contributed by atoms with Crippen molar-refractivity contribution in [2.45, 2.75) is 12.6 Å². The van der Waals surface area contributed by atoms with Crippen LogP contribution >= 0.6 is 0 Å². The number of carbonyl (C=O) groups excluding carboxylic acids is 1. The fourth-order valence-corrected chi connectivity index (χ4v) is 3.00. The van der Waals surface area contributed by atoms with Gasteiger partial charge in [0.15, 0.2) is 0 Å². The van der Waals surface area contributed by atoms with Gasteiger partial charge in [-0.05, 0) is 19.2 Å². The largest absolute Gasteiger partial charge is 0.374 e. The van der Waals surface area contributed by atoms with E-state index in [9.17, 15) is 4.79 Å². The Morgan fingerprint density at radius 2 is 2.39 bits per heavy atom. The first-order chi connectivity index (χ1) is 11.1. The number of pyridine rings is 1. The van der Waals surface area contributed by atoms with Crippen molar-refractivity contribution in [2.24, 2.45) is 5.73 Å². The lowest BCUT2D eigenvalue weighted by Gasteiger charge is -2.33. The third-order valence-corrected chi connectivity index (χ3v) is 4.06. The summed E-state index contributed by atoms with van der Waals surface area (Å²) in [6.07, 6.45) is 3.91. The third-order valence-electron chi connectivity index (χ3n) is 4.06. The van der Waals surface area contributed by atoms with E-state index in [1.54, 1.807) is 0 Å². The molecule has 0 saturated carbocycles. The van der Waals surface area contributed by atoms with Gasteiger partial charge in [0.2, 0.25) is 5.91 Å². The Hall–Kier alpha value is -1.96. The van der Waals surface area contributed by atoms with Crippen LogP contribution in [0.5, 0.6) is 0 Å². The second-order valence-corrected chi connectivity index (χ2v) is 6.07. The molecule has 0 aromatic carbocycles. The molecule has 1 amide bonds. The molecule has 0 spiro atoms. The maximum atomic E-state index is 11.4. The highest BCUT2D eigenvalue weighted by atomic mass is 16.5. The van der Waals surface area contributed by atoms with Crippen molar-refractivity contribution in [3.8, 4) is 0 Å². The van der Waals surface area contributed by atoms with Gasteiger partial charge in [-0.3, -0.25) is 9.69 Å². The van der Waals surface area contributed by atoms with Gasteiger partial charge in [-0.25, -0.2) is 4.98 Å². The minimum Gasteiger partial charge on any atom is -0.374 e. The zero-order chi connectivity index (χ0) is 16.2. The van der Waals surface area contributed by atoms with Crippen LogP contribution in [-0.2, 0) is 16.1 Å².